The molecule has 4 nitrogen and oxygen atoms in total. The van der Waals surface area contributed by atoms with Gasteiger partial charge in [0.15, 0.2) is 5.76 Å². The summed E-state index contributed by atoms with van der Waals surface area (Å²) in [6.07, 6.45) is 1.49. The quantitative estimate of drug-likeness (QED) is 0.789. The van der Waals surface area contributed by atoms with Crippen LogP contribution in [-0.2, 0) is 4.74 Å². The van der Waals surface area contributed by atoms with E-state index in [1.165, 1.54) is 19.4 Å². The zero-order valence-electron chi connectivity index (χ0n) is 9.66. The number of ether oxygens (including phenoxy) is 1. The highest BCUT2D eigenvalue weighted by Crippen LogP contribution is 2.38. The maximum Gasteiger partial charge on any atom is 0.338 e. The number of carbonyl (C=O) groups is 1. The average Bonchev–Trinajstić information content (AvgIpc) is 2.87. The molecule has 0 aliphatic carbocycles. The summed E-state index contributed by atoms with van der Waals surface area (Å²) < 4.78 is 9.76. The molecule has 1 aromatic carbocycles. The molecule has 0 aliphatic rings. The standard InChI is InChI=1S/C12H9Cl2NO3/c1-6-7(12(16)17-2)5-8(13)11(14)10(6)9-3-4-15-18-9/h3-5H,1-2H3. The van der Waals surface area contributed by atoms with Crippen LogP contribution in [0.2, 0.25) is 10.0 Å². The number of aromatic nitrogens is 1. The molecule has 94 valence electrons. The van der Waals surface area contributed by atoms with E-state index in [0.29, 0.717) is 27.5 Å². The van der Waals surface area contributed by atoms with Crippen LogP contribution in [0.5, 0.6) is 0 Å². The fourth-order valence-corrected chi connectivity index (χ4v) is 2.17. The van der Waals surface area contributed by atoms with E-state index in [9.17, 15) is 4.79 Å². The first kappa shape index (κ1) is 12.9. The van der Waals surface area contributed by atoms with Crippen LogP contribution >= 0.6 is 23.2 Å². The normalized spacial score (nSPS) is 10.4. The number of hydrogen-bond acceptors (Lipinski definition) is 4. The van der Waals surface area contributed by atoms with Crippen molar-refractivity contribution in [3.63, 3.8) is 0 Å². The van der Waals surface area contributed by atoms with Crippen LogP contribution in [0.1, 0.15) is 15.9 Å². The summed E-state index contributed by atoms with van der Waals surface area (Å²) in [5, 5.41) is 4.19. The van der Waals surface area contributed by atoms with Gasteiger partial charge in [-0.3, -0.25) is 0 Å². The topological polar surface area (TPSA) is 52.3 Å². The predicted molar refractivity (Wildman–Crippen MR) is 68.0 cm³/mol. The predicted octanol–water partition coefficient (Wildman–Crippen LogP) is 3.74. The Labute approximate surface area is 113 Å². The molecule has 1 heterocycles. The third-order valence-corrected chi connectivity index (χ3v) is 3.36. The molecule has 0 spiro atoms. The highest BCUT2D eigenvalue weighted by Gasteiger charge is 2.21. The molecule has 0 unspecified atom stereocenters. The Kier molecular flexibility index (Phi) is 3.59. The molecule has 18 heavy (non-hydrogen) atoms. The highest BCUT2D eigenvalue weighted by atomic mass is 35.5. The van der Waals surface area contributed by atoms with E-state index in [0.717, 1.165) is 0 Å². The van der Waals surface area contributed by atoms with E-state index in [1.807, 2.05) is 0 Å². The number of benzene rings is 1. The highest BCUT2D eigenvalue weighted by molar-refractivity contribution is 6.44. The molecule has 0 fully saturated rings. The van der Waals surface area contributed by atoms with Gasteiger partial charge in [0.2, 0.25) is 0 Å². The number of hydrogen-bond donors (Lipinski definition) is 0. The van der Waals surface area contributed by atoms with Crippen LogP contribution in [0.3, 0.4) is 0 Å². The monoisotopic (exact) mass is 285 g/mol. The van der Waals surface area contributed by atoms with E-state index in [-0.39, 0.29) is 5.02 Å². The largest absolute Gasteiger partial charge is 0.465 e. The van der Waals surface area contributed by atoms with Gasteiger partial charge in [0.1, 0.15) is 0 Å². The van der Waals surface area contributed by atoms with Gasteiger partial charge in [-0.05, 0) is 18.6 Å². The van der Waals surface area contributed by atoms with Crippen LogP contribution in [0, 0.1) is 6.92 Å². The van der Waals surface area contributed by atoms with Crippen LogP contribution in [0.25, 0.3) is 11.3 Å². The Morgan fingerprint density at radius 3 is 2.72 bits per heavy atom. The Balaban J connectivity index is 2.72. The Morgan fingerprint density at radius 2 is 2.17 bits per heavy atom. The lowest BCUT2D eigenvalue weighted by Crippen LogP contribution is -2.05. The van der Waals surface area contributed by atoms with E-state index in [1.54, 1.807) is 13.0 Å². The number of halogens is 2. The third-order valence-electron chi connectivity index (χ3n) is 2.57. The van der Waals surface area contributed by atoms with Crippen molar-refractivity contribution in [1.29, 1.82) is 0 Å². The molecule has 2 aromatic rings. The van der Waals surface area contributed by atoms with Crippen molar-refractivity contribution in [2.24, 2.45) is 0 Å². The Hall–Kier alpha value is -1.52. The van der Waals surface area contributed by atoms with Gasteiger partial charge in [-0.25, -0.2) is 4.79 Å². The summed E-state index contributed by atoms with van der Waals surface area (Å²) >= 11 is 12.1. The van der Waals surface area contributed by atoms with E-state index >= 15 is 0 Å². The van der Waals surface area contributed by atoms with Crippen molar-refractivity contribution in [3.8, 4) is 11.3 Å². The molecule has 2 rings (SSSR count). The molecule has 0 bridgehead atoms. The van der Waals surface area contributed by atoms with Gasteiger partial charge >= 0.3 is 5.97 Å². The maximum atomic E-state index is 11.6. The zero-order chi connectivity index (χ0) is 13.3. The summed E-state index contributed by atoms with van der Waals surface area (Å²) in [5.74, 6) is -0.0306. The molecule has 0 atom stereocenters. The van der Waals surface area contributed by atoms with Crippen molar-refractivity contribution in [3.05, 3.63) is 39.5 Å². The van der Waals surface area contributed by atoms with Gasteiger partial charge in [0.05, 0.1) is 28.9 Å². The molecular weight excluding hydrogens is 277 g/mol. The first-order valence-electron chi connectivity index (χ1n) is 5.04. The van der Waals surface area contributed by atoms with E-state index in [2.05, 4.69) is 5.16 Å². The molecule has 6 heteroatoms. The van der Waals surface area contributed by atoms with Crippen molar-refractivity contribution < 1.29 is 14.1 Å². The average molecular weight is 286 g/mol. The lowest BCUT2D eigenvalue weighted by molar-refractivity contribution is 0.0600. The van der Waals surface area contributed by atoms with Gasteiger partial charge in [0, 0.05) is 11.6 Å². The molecule has 0 N–H and O–H groups in total. The molecule has 0 radical (unpaired) electrons. The SMILES string of the molecule is COC(=O)c1cc(Cl)c(Cl)c(-c2ccno2)c1C. The second kappa shape index (κ2) is 5.00. The molecule has 0 amide bonds. The minimum atomic E-state index is -0.480. The molecule has 0 saturated carbocycles. The molecule has 0 saturated heterocycles. The number of esters is 1. The molecule has 0 aliphatic heterocycles. The third kappa shape index (κ3) is 2.09. The smallest absolute Gasteiger partial charge is 0.338 e. The lowest BCUT2D eigenvalue weighted by atomic mass is 10.0. The van der Waals surface area contributed by atoms with Gasteiger partial charge < -0.3 is 9.26 Å². The zero-order valence-corrected chi connectivity index (χ0v) is 11.2. The first-order chi connectivity index (χ1) is 8.56. The number of nitrogens with zero attached hydrogens (tertiary/aromatic N) is 1. The van der Waals surface area contributed by atoms with Crippen molar-refractivity contribution in [2.75, 3.05) is 7.11 Å². The van der Waals surface area contributed by atoms with Gasteiger partial charge in [-0.15, -0.1) is 0 Å². The minimum Gasteiger partial charge on any atom is -0.465 e. The van der Waals surface area contributed by atoms with Crippen LogP contribution < -0.4 is 0 Å². The summed E-state index contributed by atoms with van der Waals surface area (Å²) in [6, 6.07) is 3.12. The van der Waals surface area contributed by atoms with Gasteiger partial charge in [0.25, 0.3) is 0 Å². The number of methoxy groups -OCH3 is 1. The van der Waals surface area contributed by atoms with Crippen molar-refractivity contribution in [2.45, 2.75) is 6.92 Å². The summed E-state index contributed by atoms with van der Waals surface area (Å²) in [4.78, 5) is 11.6. The second-order valence-corrected chi connectivity index (χ2v) is 4.37. The van der Waals surface area contributed by atoms with Crippen molar-refractivity contribution in [1.82, 2.24) is 5.16 Å². The maximum absolute atomic E-state index is 11.6. The Morgan fingerprint density at radius 1 is 1.44 bits per heavy atom. The fraction of sp³-hybridized carbons (Fsp3) is 0.167. The van der Waals surface area contributed by atoms with Gasteiger partial charge in [-0.1, -0.05) is 28.4 Å². The lowest BCUT2D eigenvalue weighted by Gasteiger charge is -2.11. The van der Waals surface area contributed by atoms with Crippen LogP contribution in [0.4, 0.5) is 0 Å². The van der Waals surface area contributed by atoms with Crippen LogP contribution in [-0.4, -0.2) is 18.2 Å². The van der Waals surface area contributed by atoms with Crippen molar-refractivity contribution >= 4 is 29.2 Å². The van der Waals surface area contributed by atoms with Crippen LogP contribution in [0.15, 0.2) is 22.9 Å². The molecular formula is C12H9Cl2NO3. The fourth-order valence-electron chi connectivity index (χ4n) is 1.68. The summed E-state index contributed by atoms with van der Waals surface area (Å²) in [5.41, 5.74) is 1.52. The molecule has 1 aromatic heterocycles. The summed E-state index contributed by atoms with van der Waals surface area (Å²) in [6.45, 7) is 1.74. The minimum absolute atomic E-state index is 0.258. The first-order valence-corrected chi connectivity index (χ1v) is 5.79. The van der Waals surface area contributed by atoms with Gasteiger partial charge in [-0.2, -0.15) is 0 Å². The summed E-state index contributed by atoms with van der Waals surface area (Å²) in [7, 11) is 1.30. The number of carbonyl (C=O) groups excluding carboxylic acids is 1. The van der Waals surface area contributed by atoms with E-state index in [4.69, 9.17) is 32.5 Å². The Bertz CT molecular complexity index is 594. The number of rotatable bonds is 2. The second-order valence-electron chi connectivity index (χ2n) is 3.59. The van der Waals surface area contributed by atoms with E-state index < -0.39 is 5.97 Å².